The van der Waals surface area contributed by atoms with E-state index in [-0.39, 0.29) is 0 Å². The van der Waals surface area contributed by atoms with Gasteiger partial charge in [0, 0.05) is 24.5 Å². The first kappa shape index (κ1) is 12.6. The third-order valence-electron chi connectivity index (χ3n) is 2.26. The van der Waals surface area contributed by atoms with Crippen LogP contribution in [0, 0.1) is 6.92 Å². The smallest absolute Gasteiger partial charge is 0.320 e. The summed E-state index contributed by atoms with van der Waals surface area (Å²) in [6.07, 6.45) is 4.89. The molecule has 0 aliphatic rings. The van der Waals surface area contributed by atoms with Crippen molar-refractivity contribution in [3.8, 4) is 0 Å². The fourth-order valence-corrected chi connectivity index (χ4v) is 1.35. The van der Waals surface area contributed by atoms with Gasteiger partial charge in [-0.2, -0.15) is 0 Å². The molecule has 0 saturated heterocycles. The average molecular weight is 223 g/mol. The number of aliphatic carboxylic acids is 1. The third kappa shape index (κ3) is 3.94. The van der Waals surface area contributed by atoms with Crippen molar-refractivity contribution in [2.45, 2.75) is 39.3 Å². The van der Waals surface area contributed by atoms with Crippen LogP contribution in [-0.2, 0) is 11.3 Å². The minimum atomic E-state index is -0.810. The summed E-state index contributed by atoms with van der Waals surface area (Å²) in [5, 5.41) is 11.9. The standard InChI is InChI=1S/C11H17N3O2/c1-3-4-10(11(15)16)14-7-9-5-12-8(2)13-6-9/h5-6,10,14H,3-4,7H2,1-2H3,(H,15,16)/t10-/m0/s1. The molecule has 0 amide bonds. The van der Waals surface area contributed by atoms with Gasteiger partial charge in [-0.15, -0.1) is 0 Å². The molecule has 1 aromatic heterocycles. The number of nitrogens with one attached hydrogen (secondary N) is 1. The van der Waals surface area contributed by atoms with Crippen LogP contribution in [0.15, 0.2) is 12.4 Å². The minimum Gasteiger partial charge on any atom is -0.480 e. The van der Waals surface area contributed by atoms with Gasteiger partial charge in [-0.3, -0.25) is 4.79 Å². The molecule has 5 nitrogen and oxygen atoms in total. The Morgan fingerprint density at radius 2 is 2.12 bits per heavy atom. The van der Waals surface area contributed by atoms with Gasteiger partial charge in [0.2, 0.25) is 0 Å². The van der Waals surface area contributed by atoms with Gasteiger partial charge in [-0.25, -0.2) is 9.97 Å². The molecule has 0 radical (unpaired) electrons. The molecule has 2 N–H and O–H groups in total. The number of nitrogens with zero attached hydrogens (tertiary/aromatic N) is 2. The zero-order valence-electron chi connectivity index (χ0n) is 9.60. The Kier molecular flexibility index (Phi) is 4.85. The first-order chi connectivity index (χ1) is 7.63. The van der Waals surface area contributed by atoms with Crippen molar-refractivity contribution >= 4 is 5.97 Å². The molecule has 0 fully saturated rings. The Morgan fingerprint density at radius 3 is 2.62 bits per heavy atom. The SMILES string of the molecule is CCC[C@H](NCc1cnc(C)nc1)C(=O)O. The number of carboxylic acids is 1. The highest BCUT2D eigenvalue weighted by Crippen LogP contribution is 2.00. The van der Waals surface area contributed by atoms with Crippen molar-refractivity contribution in [3.05, 3.63) is 23.8 Å². The molecule has 1 heterocycles. The highest BCUT2D eigenvalue weighted by Gasteiger charge is 2.14. The Labute approximate surface area is 94.9 Å². The van der Waals surface area contributed by atoms with Crippen molar-refractivity contribution in [2.75, 3.05) is 0 Å². The van der Waals surface area contributed by atoms with Crippen LogP contribution in [0.5, 0.6) is 0 Å². The number of aromatic nitrogens is 2. The molecule has 1 aromatic rings. The zero-order valence-corrected chi connectivity index (χ0v) is 9.60. The van der Waals surface area contributed by atoms with E-state index in [1.165, 1.54) is 0 Å². The number of aryl methyl sites for hydroxylation is 1. The van der Waals surface area contributed by atoms with E-state index in [2.05, 4.69) is 15.3 Å². The van der Waals surface area contributed by atoms with Gasteiger partial charge in [-0.1, -0.05) is 13.3 Å². The summed E-state index contributed by atoms with van der Waals surface area (Å²) in [7, 11) is 0. The molecular weight excluding hydrogens is 206 g/mol. The van der Waals surface area contributed by atoms with E-state index in [0.29, 0.717) is 18.8 Å². The fraction of sp³-hybridized carbons (Fsp3) is 0.545. The van der Waals surface area contributed by atoms with Crippen LogP contribution in [0.3, 0.4) is 0 Å². The number of hydrogen-bond donors (Lipinski definition) is 2. The van der Waals surface area contributed by atoms with Gasteiger partial charge in [0.25, 0.3) is 0 Å². The largest absolute Gasteiger partial charge is 0.480 e. The molecular formula is C11H17N3O2. The average Bonchev–Trinajstić information content (AvgIpc) is 2.26. The number of carbonyl (C=O) groups is 1. The predicted molar refractivity (Wildman–Crippen MR) is 59.9 cm³/mol. The van der Waals surface area contributed by atoms with E-state index in [4.69, 9.17) is 5.11 Å². The summed E-state index contributed by atoms with van der Waals surface area (Å²) >= 11 is 0. The molecule has 0 aromatic carbocycles. The lowest BCUT2D eigenvalue weighted by atomic mass is 10.1. The van der Waals surface area contributed by atoms with Gasteiger partial charge < -0.3 is 10.4 Å². The lowest BCUT2D eigenvalue weighted by Crippen LogP contribution is -2.36. The Morgan fingerprint density at radius 1 is 1.50 bits per heavy atom. The molecule has 0 aliphatic heterocycles. The molecule has 0 aliphatic carbocycles. The van der Waals surface area contributed by atoms with Crippen LogP contribution in [0.1, 0.15) is 31.2 Å². The van der Waals surface area contributed by atoms with Crippen LogP contribution in [-0.4, -0.2) is 27.1 Å². The van der Waals surface area contributed by atoms with Crippen LogP contribution in [0.4, 0.5) is 0 Å². The monoisotopic (exact) mass is 223 g/mol. The van der Waals surface area contributed by atoms with Crippen molar-refractivity contribution in [2.24, 2.45) is 0 Å². The second kappa shape index (κ2) is 6.17. The van der Waals surface area contributed by atoms with Gasteiger partial charge in [0.15, 0.2) is 0 Å². The summed E-state index contributed by atoms with van der Waals surface area (Å²) in [5.74, 6) is -0.0954. The normalized spacial score (nSPS) is 12.4. The second-order valence-corrected chi connectivity index (χ2v) is 3.70. The first-order valence-electron chi connectivity index (χ1n) is 5.37. The minimum absolute atomic E-state index is 0.483. The Hall–Kier alpha value is -1.49. The van der Waals surface area contributed by atoms with E-state index in [9.17, 15) is 4.79 Å². The molecule has 88 valence electrons. The van der Waals surface area contributed by atoms with Crippen LogP contribution < -0.4 is 5.32 Å². The van der Waals surface area contributed by atoms with Crippen molar-refractivity contribution in [1.82, 2.24) is 15.3 Å². The Balaban J connectivity index is 2.48. The second-order valence-electron chi connectivity index (χ2n) is 3.70. The Bertz CT molecular complexity index is 338. The summed E-state index contributed by atoms with van der Waals surface area (Å²) in [4.78, 5) is 19.0. The van der Waals surface area contributed by atoms with Gasteiger partial charge in [0.1, 0.15) is 11.9 Å². The topological polar surface area (TPSA) is 75.1 Å². The molecule has 0 unspecified atom stereocenters. The highest BCUT2D eigenvalue weighted by molar-refractivity contribution is 5.73. The summed E-state index contributed by atoms with van der Waals surface area (Å²) < 4.78 is 0. The number of carboxylic acid groups (broad SMARTS) is 1. The maximum Gasteiger partial charge on any atom is 0.320 e. The zero-order chi connectivity index (χ0) is 12.0. The van der Waals surface area contributed by atoms with Gasteiger partial charge in [-0.05, 0) is 13.3 Å². The molecule has 16 heavy (non-hydrogen) atoms. The van der Waals surface area contributed by atoms with E-state index >= 15 is 0 Å². The molecule has 5 heteroatoms. The van der Waals surface area contributed by atoms with Crippen molar-refractivity contribution in [1.29, 1.82) is 0 Å². The molecule has 0 bridgehead atoms. The van der Waals surface area contributed by atoms with Crippen LogP contribution >= 0.6 is 0 Å². The lowest BCUT2D eigenvalue weighted by molar-refractivity contribution is -0.139. The van der Waals surface area contributed by atoms with E-state index in [0.717, 1.165) is 12.0 Å². The van der Waals surface area contributed by atoms with E-state index in [1.54, 1.807) is 12.4 Å². The van der Waals surface area contributed by atoms with E-state index < -0.39 is 12.0 Å². The summed E-state index contributed by atoms with van der Waals surface area (Å²) in [6.45, 7) is 4.26. The first-order valence-corrected chi connectivity index (χ1v) is 5.37. The maximum atomic E-state index is 10.9. The summed E-state index contributed by atoms with van der Waals surface area (Å²) in [6, 6.07) is -0.494. The van der Waals surface area contributed by atoms with Crippen molar-refractivity contribution < 1.29 is 9.90 Å². The molecule has 1 atom stereocenters. The van der Waals surface area contributed by atoms with E-state index in [1.807, 2.05) is 13.8 Å². The maximum absolute atomic E-state index is 10.9. The lowest BCUT2D eigenvalue weighted by Gasteiger charge is -2.12. The number of hydrogen-bond acceptors (Lipinski definition) is 4. The van der Waals surface area contributed by atoms with Crippen LogP contribution in [0.2, 0.25) is 0 Å². The molecule has 0 spiro atoms. The van der Waals surface area contributed by atoms with Gasteiger partial charge in [0.05, 0.1) is 0 Å². The molecule has 0 saturated carbocycles. The summed E-state index contributed by atoms with van der Waals surface area (Å²) in [5.41, 5.74) is 0.896. The number of rotatable bonds is 6. The molecule has 1 rings (SSSR count). The highest BCUT2D eigenvalue weighted by atomic mass is 16.4. The van der Waals surface area contributed by atoms with Crippen LogP contribution in [0.25, 0.3) is 0 Å². The van der Waals surface area contributed by atoms with Gasteiger partial charge >= 0.3 is 5.97 Å². The fourth-order valence-electron chi connectivity index (χ4n) is 1.35. The quantitative estimate of drug-likeness (QED) is 0.756. The predicted octanol–water partition coefficient (Wildman–Crippen LogP) is 1.13. The van der Waals surface area contributed by atoms with Crippen molar-refractivity contribution in [3.63, 3.8) is 0 Å². The third-order valence-corrected chi connectivity index (χ3v) is 2.26.